The van der Waals surface area contributed by atoms with Gasteiger partial charge in [-0.25, -0.2) is 4.79 Å². The normalized spacial score (nSPS) is 21.5. The van der Waals surface area contributed by atoms with Crippen molar-refractivity contribution in [2.24, 2.45) is 0 Å². The number of fused-ring (bicyclic) bond motifs is 2. The van der Waals surface area contributed by atoms with Crippen molar-refractivity contribution in [3.05, 3.63) is 36.0 Å². The maximum Gasteiger partial charge on any atom is 0.317 e. The molecule has 2 saturated heterocycles. The molecule has 108 valence electrons. The maximum absolute atomic E-state index is 12.7. The molecule has 0 saturated carbocycles. The lowest BCUT2D eigenvalue weighted by Crippen LogP contribution is -2.53. The predicted octanol–water partition coefficient (Wildman–Crippen LogP) is 1.02. The van der Waals surface area contributed by atoms with Gasteiger partial charge in [0.2, 0.25) is 0 Å². The summed E-state index contributed by atoms with van der Waals surface area (Å²) in [6, 6.07) is 7.88. The number of aromatic nitrogens is 1. The third-order valence-corrected chi connectivity index (χ3v) is 4.34. The van der Waals surface area contributed by atoms with Crippen LogP contribution in [-0.4, -0.2) is 58.9 Å². The van der Waals surface area contributed by atoms with Crippen LogP contribution in [0.3, 0.4) is 0 Å². The molecule has 6 heteroatoms. The molecular formula is C15H16N4O2. The minimum absolute atomic E-state index is 0.0146. The molecule has 0 radical (unpaired) electrons. The molecule has 0 bridgehead atoms. The molecule has 2 aromatic rings. The molecule has 2 fully saturated rings. The second-order valence-electron chi connectivity index (χ2n) is 5.53. The summed E-state index contributed by atoms with van der Waals surface area (Å²) in [4.78, 5) is 31.1. The first kappa shape index (κ1) is 12.3. The third kappa shape index (κ3) is 1.86. The fraction of sp³-hybridized carbons (Fsp3) is 0.333. The van der Waals surface area contributed by atoms with Crippen molar-refractivity contribution in [2.45, 2.75) is 6.04 Å². The molecule has 4 rings (SSSR count). The zero-order valence-electron chi connectivity index (χ0n) is 11.5. The van der Waals surface area contributed by atoms with Crippen LogP contribution in [0.5, 0.6) is 0 Å². The number of hydrogen-bond acceptors (Lipinski definition) is 2. The lowest BCUT2D eigenvalue weighted by atomic mass is 10.1. The van der Waals surface area contributed by atoms with Crippen LogP contribution < -0.4 is 5.32 Å². The number of para-hydroxylation sites is 1. The Bertz CT molecular complexity index is 723. The van der Waals surface area contributed by atoms with E-state index in [4.69, 9.17) is 0 Å². The van der Waals surface area contributed by atoms with E-state index in [0.717, 1.165) is 10.9 Å². The van der Waals surface area contributed by atoms with E-state index in [0.29, 0.717) is 31.7 Å². The smallest absolute Gasteiger partial charge is 0.317 e. The summed E-state index contributed by atoms with van der Waals surface area (Å²) >= 11 is 0. The van der Waals surface area contributed by atoms with E-state index in [2.05, 4.69) is 10.3 Å². The number of nitrogens with zero attached hydrogens (tertiary/aromatic N) is 2. The summed E-state index contributed by atoms with van der Waals surface area (Å²) in [6.07, 6.45) is 1.78. The van der Waals surface area contributed by atoms with E-state index in [9.17, 15) is 9.59 Å². The molecule has 21 heavy (non-hydrogen) atoms. The molecule has 2 aliphatic heterocycles. The zero-order chi connectivity index (χ0) is 14.4. The second-order valence-corrected chi connectivity index (χ2v) is 5.53. The maximum atomic E-state index is 12.7. The Morgan fingerprint density at radius 2 is 2.10 bits per heavy atom. The summed E-state index contributed by atoms with van der Waals surface area (Å²) in [5, 5.41) is 3.78. The van der Waals surface area contributed by atoms with Crippen LogP contribution in [0.25, 0.3) is 10.9 Å². The van der Waals surface area contributed by atoms with Crippen molar-refractivity contribution in [3.8, 4) is 0 Å². The number of nitrogens with one attached hydrogen (secondary N) is 2. The first-order valence-corrected chi connectivity index (χ1v) is 7.14. The minimum Gasteiger partial charge on any atom is -0.360 e. The van der Waals surface area contributed by atoms with E-state index in [-0.39, 0.29) is 18.0 Å². The number of piperazine rings is 1. The fourth-order valence-corrected chi connectivity index (χ4v) is 3.21. The first-order chi connectivity index (χ1) is 10.2. The molecule has 1 atom stereocenters. The lowest BCUT2D eigenvalue weighted by Gasteiger charge is -2.36. The van der Waals surface area contributed by atoms with Gasteiger partial charge in [-0.15, -0.1) is 0 Å². The molecule has 3 heterocycles. The van der Waals surface area contributed by atoms with Gasteiger partial charge in [0.05, 0.1) is 11.6 Å². The third-order valence-electron chi connectivity index (χ3n) is 4.34. The Balaban J connectivity index is 1.59. The van der Waals surface area contributed by atoms with E-state index >= 15 is 0 Å². The van der Waals surface area contributed by atoms with Gasteiger partial charge in [-0.2, -0.15) is 0 Å². The van der Waals surface area contributed by atoms with Crippen molar-refractivity contribution >= 4 is 22.8 Å². The molecule has 1 unspecified atom stereocenters. The van der Waals surface area contributed by atoms with Gasteiger partial charge in [-0.1, -0.05) is 18.2 Å². The highest BCUT2D eigenvalue weighted by Crippen LogP contribution is 2.22. The SMILES string of the molecule is O=C(c1c[nH]c2ccccc12)N1CCN2C(=O)NCC2C1. The molecule has 0 aliphatic carbocycles. The highest BCUT2D eigenvalue weighted by Gasteiger charge is 2.37. The zero-order valence-corrected chi connectivity index (χ0v) is 11.5. The summed E-state index contributed by atoms with van der Waals surface area (Å²) in [6.45, 7) is 2.40. The summed E-state index contributed by atoms with van der Waals surface area (Å²) < 4.78 is 0. The average Bonchev–Trinajstić information content (AvgIpc) is 3.10. The Morgan fingerprint density at radius 1 is 1.24 bits per heavy atom. The highest BCUT2D eigenvalue weighted by molar-refractivity contribution is 6.06. The van der Waals surface area contributed by atoms with Crippen molar-refractivity contribution in [1.29, 1.82) is 0 Å². The highest BCUT2D eigenvalue weighted by atomic mass is 16.2. The van der Waals surface area contributed by atoms with E-state index in [1.807, 2.05) is 34.1 Å². The molecular weight excluding hydrogens is 268 g/mol. The van der Waals surface area contributed by atoms with E-state index < -0.39 is 0 Å². The van der Waals surface area contributed by atoms with Gasteiger partial charge in [0.15, 0.2) is 0 Å². The number of amides is 3. The van der Waals surface area contributed by atoms with Crippen LogP contribution >= 0.6 is 0 Å². The van der Waals surface area contributed by atoms with E-state index in [1.165, 1.54) is 0 Å². The standard InChI is InChI=1S/C15H16N4O2/c20-14(12-8-16-13-4-2-1-3-11(12)13)18-5-6-19-10(9-18)7-17-15(19)21/h1-4,8,10,16H,5-7,9H2,(H,17,21). The van der Waals surface area contributed by atoms with Crippen LogP contribution in [-0.2, 0) is 0 Å². The number of carbonyl (C=O) groups is 2. The van der Waals surface area contributed by atoms with Gasteiger partial charge in [0.25, 0.3) is 5.91 Å². The van der Waals surface area contributed by atoms with Gasteiger partial charge in [-0.05, 0) is 6.07 Å². The van der Waals surface area contributed by atoms with Gasteiger partial charge in [-0.3, -0.25) is 4.79 Å². The van der Waals surface area contributed by atoms with Crippen LogP contribution in [0.4, 0.5) is 4.79 Å². The molecule has 1 aromatic heterocycles. The Hall–Kier alpha value is -2.50. The number of aromatic amines is 1. The Labute approximate surface area is 121 Å². The summed E-state index contributed by atoms with van der Waals surface area (Å²) in [7, 11) is 0. The lowest BCUT2D eigenvalue weighted by molar-refractivity contribution is 0.0619. The quantitative estimate of drug-likeness (QED) is 0.821. The topological polar surface area (TPSA) is 68.4 Å². The predicted molar refractivity (Wildman–Crippen MR) is 78.1 cm³/mol. The van der Waals surface area contributed by atoms with Crippen LogP contribution in [0.2, 0.25) is 0 Å². The average molecular weight is 284 g/mol. The van der Waals surface area contributed by atoms with Crippen molar-refractivity contribution in [2.75, 3.05) is 26.2 Å². The molecule has 3 amide bonds. The van der Waals surface area contributed by atoms with E-state index in [1.54, 1.807) is 6.20 Å². The van der Waals surface area contributed by atoms with Gasteiger partial charge < -0.3 is 20.1 Å². The Morgan fingerprint density at radius 3 is 3.00 bits per heavy atom. The van der Waals surface area contributed by atoms with Crippen molar-refractivity contribution in [3.63, 3.8) is 0 Å². The number of hydrogen-bond donors (Lipinski definition) is 2. The van der Waals surface area contributed by atoms with Crippen LogP contribution in [0.15, 0.2) is 30.5 Å². The van der Waals surface area contributed by atoms with Gasteiger partial charge in [0.1, 0.15) is 0 Å². The number of H-pyrrole nitrogens is 1. The number of benzene rings is 1. The fourth-order valence-electron chi connectivity index (χ4n) is 3.21. The van der Waals surface area contributed by atoms with Crippen molar-refractivity contribution < 1.29 is 9.59 Å². The molecule has 2 N–H and O–H groups in total. The minimum atomic E-state index is -0.0146. The van der Waals surface area contributed by atoms with Gasteiger partial charge >= 0.3 is 6.03 Å². The second kappa shape index (κ2) is 4.51. The number of urea groups is 1. The van der Waals surface area contributed by atoms with Gasteiger partial charge in [0, 0.05) is 43.3 Å². The molecule has 6 nitrogen and oxygen atoms in total. The van der Waals surface area contributed by atoms with Crippen LogP contribution in [0, 0.1) is 0 Å². The summed E-state index contributed by atoms with van der Waals surface area (Å²) in [5.41, 5.74) is 1.67. The number of carbonyl (C=O) groups excluding carboxylic acids is 2. The molecule has 2 aliphatic rings. The van der Waals surface area contributed by atoms with Crippen LogP contribution in [0.1, 0.15) is 10.4 Å². The molecule has 1 aromatic carbocycles. The molecule has 0 spiro atoms. The monoisotopic (exact) mass is 284 g/mol. The Kier molecular flexibility index (Phi) is 2.63. The largest absolute Gasteiger partial charge is 0.360 e. The summed E-state index contributed by atoms with van der Waals surface area (Å²) in [5.74, 6) is 0.0337. The van der Waals surface area contributed by atoms with Crippen molar-refractivity contribution in [1.82, 2.24) is 20.1 Å². The number of rotatable bonds is 1. The first-order valence-electron chi connectivity index (χ1n) is 7.14.